The smallest absolute Gasteiger partial charge is 0.399 e. The second-order valence-corrected chi connectivity index (χ2v) is 9.27. The minimum Gasteiger partial charge on any atom is -0.399 e. The van der Waals surface area contributed by atoms with E-state index in [1.54, 1.807) is 0 Å². The van der Waals surface area contributed by atoms with E-state index in [0.29, 0.717) is 18.6 Å². The normalized spacial score (nSPS) is 24.3. The summed E-state index contributed by atoms with van der Waals surface area (Å²) in [6.45, 7) is 16.3. The lowest BCUT2D eigenvalue weighted by Gasteiger charge is -2.33. The molecule has 7 nitrogen and oxygen atoms in total. The van der Waals surface area contributed by atoms with E-state index in [1.165, 1.54) is 12.8 Å². The van der Waals surface area contributed by atoms with Crippen molar-refractivity contribution in [3.63, 3.8) is 0 Å². The van der Waals surface area contributed by atoms with E-state index in [9.17, 15) is 0 Å². The molecule has 0 aliphatic carbocycles. The zero-order chi connectivity index (χ0) is 20.5. The van der Waals surface area contributed by atoms with Crippen molar-refractivity contribution in [2.75, 3.05) is 31.1 Å². The molecule has 0 spiro atoms. The molecule has 3 heterocycles. The van der Waals surface area contributed by atoms with E-state index < -0.39 is 7.12 Å². The maximum atomic E-state index is 6.11. The van der Waals surface area contributed by atoms with Gasteiger partial charge in [0.15, 0.2) is 0 Å². The van der Waals surface area contributed by atoms with E-state index in [1.807, 2.05) is 12.4 Å². The number of anilines is 1. The summed E-state index contributed by atoms with van der Waals surface area (Å²) < 4.78 is 12.2. The highest BCUT2D eigenvalue weighted by Crippen LogP contribution is 2.36. The van der Waals surface area contributed by atoms with Gasteiger partial charge in [-0.05, 0) is 60.9 Å². The highest BCUT2D eigenvalue weighted by molar-refractivity contribution is 6.61. The molecule has 28 heavy (non-hydrogen) atoms. The number of rotatable bonds is 7. The minimum absolute atomic E-state index is 0.322. The first-order valence-corrected chi connectivity index (χ1v) is 10.5. The summed E-state index contributed by atoms with van der Waals surface area (Å²) in [5.74, 6) is 0.759. The van der Waals surface area contributed by atoms with Gasteiger partial charge in [-0.1, -0.05) is 0 Å². The summed E-state index contributed by atoms with van der Waals surface area (Å²) in [7, 11) is -0.429. The van der Waals surface area contributed by atoms with Gasteiger partial charge in [-0.25, -0.2) is 9.97 Å². The van der Waals surface area contributed by atoms with E-state index in [0.717, 1.165) is 31.0 Å². The molecule has 2 saturated heterocycles. The summed E-state index contributed by atoms with van der Waals surface area (Å²) in [6.07, 6.45) is 6.12. The average Bonchev–Trinajstić information content (AvgIpc) is 3.14. The third-order valence-corrected chi connectivity index (χ3v) is 6.39. The fourth-order valence-corrected chi connectivity index (χ4v) is 3.89. The summed E-state index contributed by atoms with van der Waals surface area (Å²) in [5, 5.41) is 0. The molecule has 1 aromatic heterocycles. The number of nitrogens with zero attached hydrogens (tertiary/aromatic N) is 4. The Morgan fingerprint density at radius 1 is 1.21 bits per heavy atom. The van der Waals surface area contributed by atoms with Gasteiger partial charge < -0.3 is 19.9 Å². The van der Waals surface area contributed by atoms with Crippen molar-refractivity contribution >= 4 is 18.5 Å². The Labute approximate surface area is 170 Å². The minimum atomic E-state index is -0.429. The van der Waals surface area contributed by atoms with Crippen LogP contribution in [0.2, 0.25) is 0 Å². The fraction of sp³-hybridized carbons (Fsp3) is 0.800. The lowest BCUT2D eigenvalue weighted by atomic mass is 9.81. The molecule has 2 fully saturated rings. The highest BCUT2D eigenvalue weighted by atomic mass is 16.7. The molecular weight excluding hydrogens is 353 g/mol. The summed E-state index contributed by atoms with van der Waals surface area (Å²) in [6, 6.07) is 0.834. The Morgan fingerprint density at radius 3 is 2.36 bits per heavy atom. The molecule has 8 heteroatoms. The van der Waals surface area contributed by atoms with Gasteiger partial charge in [-0.3, -0.25) is 4.90 Å². The molecule has 0 radical (unpaired) electrons. The first-order valence-electron chi connectivity index (χ1n) is 10.5. The molecule has 0 amide bonds. The Bertz CT molecular complexity index is 637. The second-order valence-electron chi connectivity index (χ2n) is 9.27. The third kappa shape index (κ3) is 4.35. The quantitative estimate of drug-likeness (QED) is 0.707. The van der Waals surface area contributed by atoms with Crippen molar-refractivity contribution in [2.45, 2.75) is 77.7 Å². The van der Waals surface area contributed by atoms with Crippen LogP contribution in [0, 0.1) is 0 Å². The molecular formula is C20H36BN5O2. The maximum Gasteiger partial charge on any atom is 0.498 e. The summed E-state index contributed by atoms with van der Waals surface area (Å²) in [5.41, 5.74) is 5.91. The van der Waals surface area contributed by atoms with Crippen molar-refractivity contribution in [1.82, 2.24) is 14.9 Å². The molecule has 2 N–H and O–H groups in total. The number of nitrogens with two attached hydrogens (primary N) is 1. The number of hydrogen-bond donors (Lipinski definition) is 1. The van der Waals surface area contributed by atoms with Crippen molar-refractivity contribution in [3.05, 3.63) is 12.4 Å². The zero-order valence-corrected chi connectivity index (χ0v) is 18.3. The van der Waals surface area contributed by atoms with E-state index in [4.69, 9.17) is 15.0 Å². The van der Waals surface area contributed by atoms with E-state index in [2.05, 4.69) is 61.3 Å². The third-order valence-electron chi connectivity index (χ3n) is 6.39. The highest BCUT2D eigenvalue weighted by Gasteiger charge is 2.52. The Balaban J connectivity index is 1.71. The average molecular weight is 389 g/mol. The van der Waals surface area contributed by atoms with Gasteiger partial charge in [0.2, 0.25) is 5.95 Å². The predicted molar refractivity (Wildman–Crippen MR) is 114 cm³/mol. The molecule has 1 unspecified atom stereocenters. The second kappa shape index (κ2) is 8.26. The van der Waals surface area contributed by atoms with E-state index in [-0.39, 0.29) is 11.2 Å². The van der Waals surface area contributed by atoms with Crippen LogP contribution in [0.3, 0.4) is 0 Å². The predicted octanol–water partition coefficient (Wildman–Crippen LogP) is 1.41. The van der Waals surface area contributed by atoms with Crippen LogP contribution in [-0.4, -0.2) is 71.5 Å². The van der Waals surface area contributed by atoms with Crippen molar-refractivity contribution in [1.29, 1.82) is 0 Å². The first-order chi connectivity index (χ1) is 13.1. The molecule has 1 aromatic rings. The van der Waals surface area contributed by atoms with Crippen LogP contribution in [0.1, 0.15) is 54.4 Å². The number of likely N-dealkylation sites (tertiary alicyclic amines) is 1. The molecule has 1 atom stereocenters. The monoisotopic (exact) mass is 389 g/mol. The molecule has 0 aromatic carbocycles. The van der Waals surface area contributed by atoms with Crippen LogP contribution >= 0.6 is 0 Å². The van der Waals surface area contributed by atoms with Gasteiger partial charge in [0, 0.05) is 49.6 Å². The van der Waals surface area contributed by atoms with Crippen molar-refractivity contribution in [3.8, 4) is 0 Å². The molecule has 3 rings (SSSR count). The topological polar surface area (TPSA) is 76.7 Å². The van der Waals surface area contributed by atoms with Crippen LogP contribution < -0.4 is 16.1 Å². The molecule has 156 valence electrons. The van der Waals surface area contributed by atoms with Gasteiger partial charge in [0.05, 0.1) is 11.2 Å². The van der Waals surface area contributed by atoms with Gasteiger partial charge in [-0.15, -0.1) is 0 Å². The molecule has 2 aliphatic rings. The van der Waals surface area contributed by atoms with Crippen LogP contribution in [0.25, 0.3) is 0 Å². The van der Waals surface area contributed by atoms with Gasteiger partial charge in [-0.2, -0.15) is 0 Å². The maximum absolute atomic E-state index is 6.11. The lowest BCUT2D eigenvalue weighted by Crippen LogP contribution is -2.45. The zero-order valence-electron chi connectivity index (χ0n) is 18.3. The largest absolute Gasteiger partial charge is 0.498 e. The molecule has 0 bridgehead atoms. The van der Waals surface area contributed by atoms with Crippen molar-refractivity contribution in [2.24, 2.45) is 5.73 Å². The number of hydrogen-bond acceptors (Lipinski definition) is 7. The summed E-state index contributed by atoms with van der Waals surface area (Å²) in [4.78, 5) is 14.1. The van der Waals surface area contributed by atoms with Crippen LogP contribution in [-0.2, 0) is 9.31 Å². The standard InChI is InChI=1S/C20H36BN5O2/c1-15(2)26(14-17-8-7-10-25(17)11-9-22)18-23-12-16(13-24-18)21-27-19(3,4)20(5,6)28-21/h12-13,15,17H,7-11,14,22H2,1-6H3. The molecule has 2 aliphatic heterocycles. The Morgan fingerprint density at radius 2 is 1.82 bits per heavy atom. The first kappa shape index (κ1) is 21.5. The fourth-order valence-electron chi connectivity index (χ4n) is 3.89. The Kier molecular flexibility index (Phi) is 6.34. The van der Waals surface area contributed by atoms with Crippen LogP contribution in [0.5, 0.6) is 0 Å². The van der Waals surface area contributed by atoms with Crippen LogP contribution in [0.4, 0.5) is 5.95 Å². The molecule has 0 saturated carbocycles. The van der Waals surface area contributed by atoms with Crippen molar-refractivity contribution < 1.29 is 9.31 Å². The number of aromatic nitrogens is 2. The van der Waals surface area contributed by atoms with Gasteiger partial charge in [0.1, 0.15) is 0 Å². The van der Waals surface area contributed by atoms with Crippen LogP contribution in [0.15, 0.2) is 12.4 Å². The summed E-state index contributed by atoms with van der Waals surface area (Å²) >= 11 is 0. The lowest BCUT2D eigenvalue weighted by molar-refractivity contribution is 0.00578. The Hall–Kier alpha value is -1.22. The van der Waals surface area contributed by atoms with E-state index >= 15 is 0 Å². The van der Waals surface area contributed by atoms with Gasteiger partial charge >= 0.3 is 7.12 Å². The van der Waals surface area contributed by atoms with Gasteiger partial charge in [0.25, 0.3) is 0 Å². The SMILES string of the molecule is CC(C)N(CC1CCCN1CCN)c1ncc(B2OC(C)(C)C(C)(C)O2)cn1.